The summed E-state index contributed by atoms with van der Waals surface area (Å²) in [7, 11) is 1.49. The lowest BCUT2D eigenvalue weighted by molar-refractivity contribution is -0.365. The van der Waals surface area contributed by atoms with Crippen LogP contribution in [-0.2, 0) is 71.9 Å². The zero-order valence-electron chi connectivity index (χ0n) is 42.1. The second-order valence-corrected chi connectivity index (χ2v) is 18.1. The van der Waals surface area contributed by atoms with Crippen LogP contribution in [0.1, 0.15) is 58.1 Å². The molecule has 2 heterocycles. The predicted molar refractivity (Wildman–Crippen MR) is 279 cm³/mol. The molecular formula is C62H58O15. The van der Waals surface area contributed by atoms with Gasteiger partial charge < -0.3 is 52.1 Å². The number of carbonyl (C=O) groups excluding carboxylic acids is 4. The van der Waals surface area contributed by atoms with E-state index in [9.17, 15) is 19.2 Å². The van der Waals surface area contributed by atoms with Gasteiger partial charge in [-0.15, -0.1) is 0 Å². The third kappa shape index (κ3) is 14.5. The van der Waals surface area contributed by atoms with Crippen LogP contribution in [0.25, 0.3) is 0 Å². The van der Waals surface area contributed by atoms with E-state index in [4.69, 9.17) is 52.1 Å². The number of rotatable bonds is 22. The Morgan fingerprint density at radius 2 is 0.727 bits per heavy atom. The SMILES string of the molecule is CO[C@H]1O[C@H](COCc2ccccc2)[C@@H](O[C@@H]2O[C@H](COC(=O)c3ccccc3)[C@H](OC(=O)c3ccccc3)[C@H](OC(=O)c3ccccc3)[C@H]2OC(=O)c2ccccc2)[C@H](OCc2ccccc2)[C@@H]1OCc1ccccc1. The zero-order valence-corrected chi connectivity index (χ0v) is 42.1. The summed E-state index contributed by atoms with van der Waals surface area (Å²) in [4.78, 5) is 57.0. The molecule has 2 aliphatic rings. The van der Waals surface area contributed by atoms with Crippen LogP contribution < -0.4 is 0 Å². The first-order valence-corrected chi connectivity index (χ1v) is 25.2. The van der Waals surface area contributed by atoms with Crippen LogP contribution >= 0.6 is 0 Å². The van der Waals surface area contributed by atoms with Gasteiger partial charge in [0.2, 0.25) is 0 Å². The minimum absolute atomic E-state index is 0.0649. The maximum absolute atomic E-state index is 14.5. The third-order valence-electron chi connectivity index (χ3n) is 12.8. The van der Waals surface area contributed by atoms with Gasteiger partial charge in [0.25, 0.3) is 0 Å². The molecule has 15 heteroatoms. The molecule has 0 unspecified atom stereocenters. The summed E-state index contributed by atoms with van der Waals surface area (Å²) >= 11 is 0. The fraction of sp³-hybridized carbons (Fsp3) is 0.258. The summed E-state index contributed by atoms with van der Waals surface area (Å²) in [6, 6.07) is 61.3. The lowest BCUT2D eigenvalue weighted by atomic mass is 9.95. The van der Waals surface area contributed by atoms with Crippen molar-refractivity contribution >= 4 is 23.9 Å². The van der Waals surface area contributed by atoms with Gasteiger partial charge in [-0.1, -0.05) is 164 Å². The molecule has 0 aromatic heterocycles. The zero-order chi connectivity index (χ0) is 53.2. The van der Waals surface area contributed by atoms with Crippen LogP contribution in [0.5, 0.6) is 0 Å². The van der Waals surface area contributed by atoms with Crippen LogP contribution in [-0.4, -0.2) is 106 Å². The fourth-order valence-electron chi connectivity index (χ4n) is 8.92. The van der Waals surface area contributed by atoms with Gasteiger partial charge >= 0.3 is 23.9 Å². The van der Waals surface area contributed by atoms with Crippen molar-refractivity contribution in [3.8, 4) is 0 Å². The third-order valence-corrected chi connectivity index (χ3v) is 12.8. The van der Waals surface area contributed by atoms with Gasteiger partial charge in [0, 0.05) is 7.11 Å². The van der Waals surface area contributed by atoms with E-state index in [0.717, 1.165) is 16.7 Å². The highest BCUT2D eigenvalue weighted by molar-refractivity contribution is 5.91. The predicted octanol–water partition coefficient (Wildman–Crippen LogP) is 9.39. The molecule has 2 fully saturated rings. The van der Waals surface area contributed by atoms with Gasteiger partial charge in [-0.3, -0.25) is 0 Å². The summed E-state index contributed by atoms with van der Waals surface area (Å²) in [5.41, 5.74) is 3.18. The number of benzene rings is 7. The molecular weight excluding hydrogens is 985 g/mol. The van der Waals surface area contributed by atoms with Crippen molar-refractivity contribution in [1.29, 1.82) is 0 Å². The number of esters is 4. The monoisotopic (exact) mass is 1040 g/mol. The van der Waals surface area contributed by atoms with Crippen molar-refractivity contribution in [2.75, 3.05) is 20.3 Å². The number of methoxy groups -OCH3 is 1. The summed E-state index contributed by atoms with van der Waals surface area (Å²) in [6.45, 7) is -0.312. The van der Waals surface area contributed by atoms with Gasteiger partial charge in [0.1, 0.15) is 37.1 Å². The molecule has 396 valence electrons. The van der Waals surface area contributed by atoms with Crippen molar-refractivity contribution in [1.82, 2.24) is 0 Å². The second-order valence-electron chi connectivity index (χ2n) is 18.1. The number of hydrogen-bond acceptors (Lipinski definition) is 15. The molecule has 77 heavy (non-hydrogen) atoms. The highest BCUT2D eigenvalue weighted by Crippen LogP contribution is 2.37. The Hall–Kier alpha value is -7.86. The number of carbonyl (C=O) groups is 4. The Morgan fingerprint density at radius 3 is 1.18 bits per heavy atom. The highest BCUT2D eigenvalue weighted by Gasteiger charge is 2.57. The van der Waals surface area contributed by atoms with E-state index in [-0.39, 0.29) is 48.7 Å². The maximum Gasteiger partial charge on any atom is 0.338 e. The first kappa shape index (κ1) is 53.9. The lowest BCUT2D eigenvalue weighted by Crippen LogP contribution is -2.67. The standard InChI is InChI=1S/C62H58O15/c1-67-61-55(70-39-44-27-13-4-14-28-44)53(69-38-43-25-11-3-12-26-43)51(49(72-61)40-68-37-42-23-9-2-10-24-42)77-62-56(76-60(66)48-35-21-8-22-36-48)54(75-59(65)47-33-19-7-20-34-47)52(74-58(64)46-31-17-6-18-32-46)50(73-62)41-71-57(63)45-29-15-5-16-30-45/h2-36,49-56,61-62H,37-41H2,1H3/t49-,50-,51-,52+,53+,54+,55+,56-,61+,62+/m1/s1. The van der Waals surface area contributed by atoms with Crippen molar-refractivity contribution in [3.05, 3.63) is 251 Å². The Balaban J connectivity index is 1.16. The Bertz CT molecular complexity index is 2920. The molecule has 2 aliphatic heterocycles. The molecule has 15 nitrogen and oxygen atoms in total. The average Bonchev–Trinajstić information content (AvgIpc) is 3.49. The van der Waals surface area contributed by atoms with Crippen LogP contribution in [0.3, 0.4) is 0 Å². The van der Waals surface area contributed by atoms with E-state index in [0.29, 0.717) is 0 Å². The molecule has 0 bridgehead atoms. The number of ether oxygens (including phenoxy) is 11. The van der Waals surface area contributed by atoms with Crippen molar-refractivity contribution in [3.63, 3.8) is 0 Å². The van der Waals surface area contributed by atoms with Gasteiger partial charge in [-0.2, -0.15) is 0 Å². The molecule has 0 spiro atoms. The molecule has 7 aromatic rings. The van der Waals surface area contributed by atoms with Crippen LogP contribution in [0, 0.1) is 0 Å². The Morgan fingerprint density at radius 1 is 0.364 bits per heavy atom. The second kappa shape index (κ2) is 27.3. The molecule has 0 aliphatic carbocycles. The molecule has 0 amide bonds. The first-order chi connectivity index (χ1) is 37.8. The van der Waals surface area contributed by atoms with Crippen LogP contribution in [0.2, 0.25) is 0 Å². The molecule has 10 atom stereocenters. The van der Waals surface area contributed by atoms with Crippen molar-refractivity contribution < 1.29 is 71.3 Å². The minimum atomic E-state index is -1.73. The summed E-state index contributed by atoms with van der Waals surface area (Å²) in [5, 5.41) is 0. The van der Waals surface area contributed by atoms with Crippen molar-refractivity contribution in [2.45, 2.75) is 81.2 Å². The molecule has 2 saturated heterocycles. The summed E-state index contributed by atoms with van der Waals surface area (Å²) in [5.74, 6) is -3.31. The summed E-state index contributed by atoms with van der Waals surface area (Å²) in [6.07, 6.45) is -13.6. The molecule has 9 rings (SSSR count). The Labute approximate surface area is 446 Å². The van der Waals surface area contributed by atoms with E-state index < -0.39 is 91.9 Å². The van der Waals surface area contributed by atoms with Crippen molar-refractivity contribution in [2.24, 2.45) is 0 Å². The largest absolute Gasteiger partial charge is 0.459 e. The van der Waals surface area contributed by atoms with Gasteiger partial charge in [0.15, 0.2) is 30.9 Å². The average molecular weight is 1040 g/mol. The fourth-order valence-corrected chi connectivity index (χ4v) is 8.92. The Kier molecular flexibility index (Phi) is 19.1. The lowest BCUT2D eigenvalue weighted by Gasteiger charge is -2.49. The van der Waals surface area contributed by atoms with Gasteiger partial charge in [-0.05, 0) is 65.2 Å². The number of hydrogen-bond donors (Lipinski definition) is 0. The van der Waals surface area contributed by atoms with E-state index in [1.165, 1.54) is 7.11 Å². The van der Waals surface area contributed by atoms with E-state index in [1.807, 2.05) is 91.0 Å². The maximum atomic E-state index is 14.5. The topological polar surface area (TPSA) is 170 Å². The van der Waals surface area contributed by atoms with E-state index in [2.05, 4.69) is 0 Å². The van der Waals surface area contributed by atoms with E-state index in [1.54, 1.807) is 121 Å². The molecule has 0 saturated carbocycles. The normalized spacial score (nSPS) is 23.0. The van der Waals surface area contributed by atoms with E-state index >= 15 is 0 Å². The molecule has 0 N–H and O–H groups in total. The quantitative estimate of drug-likeness (QED) is 0.0464. The first-order valence-electron chi connectivity index (χ1n) is 25.2. The van der Waals surface area contributed by atoms with Gasteiger partial charge in [-0.25, -0.2) is 19.2 Å². The highest BCUT2D eigenvalue weighted by atomic mass is 16.8. The smallest absolute Gasteiger partial charge is 0.338 e. The molecule has 0 radical (unpaired) electrons. The summed E-state index contributed by atoms with van der Waals surface area (Å²) < 4.78 is 71.9. The van der Waals surface area contributed by atoms with Crippen LogP contribution in [0.4, 0.5) is 0 Å². The molecule has 7 aromatic carbocycles. The van der Waals surface area contributed by atoms with Gasteiger partial charge in [0.05, 0.1) is 48.7 Å². The van der Waals surface area contributed by atoms with Crippen LogP contribution in [0.15, 0.2) is 212 Å². The minimum Gasteiger partial charge on any atom is -0.459 e.